The topological polar surface area (TPSA) is 17.1 Å². The quantitative estimate of drug-likeness (QED) is 0.673. The van der Waals surface area contributed by atoms with E-state index in [9.17, 15) is 4.79 Å². The van der Waals surface area contributed by atoms with E-state index in [2.05, 4.69) is 26.0 Å². The lowest BCUT2D eigenvalue weighted by molar-refractivity contribution is -0.115. The summed E-state index contributed by atoms with van der Waals surface area (Å²) in [7, 11) is 0. The molecule has 0 heterocycles. The standard InChI is InChI=1S/C14H19ClO/c1-3-7-13(14(15)16)10-11(2)12-8-5-4-6-9-12/h4-6,8-9,11,13H,3,7,10H2,1-2H3/t11-,13?/m1/s1. The highest BCUT2D eigenvalue weighted by atomic mass is 35.5. The molecule has 0 aromatic heterocycles. The number of carbonyl (C=O) groups is 1. The molecule has 88 valence electrons. The fraction of sp³-hybridized carbons (Fsp3) is 0.500. The summed E-state index contributed by atoms with van der Waals surface area (Å²) in [4.78, 5) is 11.3. The fourth-order valence-corrected chi connectivity index (χ4v) is 2.22. The Labute approximate surface area is 103 Å². The summed E-state index contributed by atoms with van der Waals surface area (Å²) < 4.78 is 0. The van der Waals surface area contributed by atoms with E-state index >= 15 is 0 Å². The minimum Gasteiger partial charge on any atom is -0.281 e. The van der Waals surface area contributed by atoms with E-state index in [-0.39, 0.29) is 11.2 Å². The summed E-state index contributed by atoms with van der Waals surface area (Å²) in [5.41, 5.74) is 1.28. The molecule has 0 aliphatic carbocycles. The highest BCUT2D eigenvalue weighted by Crippen LogP contribution is 2.27. The lowest BCUT2D eigenvalue weighted by Crippen LogP contribution is -2.12. The minimum atomic E-state index is -0.190. The van der Waals surface area contributed by atoms with Crippen LogP contribution in [0.1, 0.15) is 44.6 Å². The smallest absolute Gasteiger partial charge is 0.224 e. The summed E-state index contributed by atoms with van der Waals surface area (Å²) in [5.74, 6) is 0.391. The summed E-state index contributed by atoms with van der Waals surface area (Å²) in [5, 5.41) is -0.190. The maximum Gasteiger partial charge on any atom is 0.224 e. The summed E-state index contributed by atoms with van der Waals surface area (Å²) >= 11 is 5.62. The Morgan fingerprint density at radius 3 is 2.44 bits per heavy atom. The fourth-order valence-electron chi connectivity index (χ4n) is 2.02. The van der Waals surface area contributed by atoms with Crippen molar-refractivity contribution < 1.29 is 4.79 Å². The largest absolute Gasteiger partial charge is 0.281 e. The second kappa shape index (κ2) is 6.70. The van der Waals surface area contributed by atoms with Gasteiger partial charge in [-0.3, -0.25) is 4.79 Å². The van der Waals surface area contributed by atoms with E-state index in [0.29, 0.717) is 5.92 Å². The minimum absolute atomic E-state index is 0.00173. The van der Waals surface area contributed by atoms with Gasteiger partial charge in [-0.05, 0) is 35.9 Å². The first kappa shape index (κ1) is 13.2. The first-order valence-corrected chi connectivity index (χ1v) is 6.27. The highest BCUT2D eigenvalue weighted by Gasteiger charge is 2.19. The van der Waals surface area contributed by atoms with E-state index in [1.54, 1.807) is 0 Å². The Kier molecular flexibility index (Phi) is 5.54. The predicted molar refractivity (Wildman–Crippen MR) is 68.7 cm³/mol. The molecule has 1 unspecified atom stereocenters. The van der Waals surface area contributed by atoms with Gasteiger partial charge in [0, 0.05) is 5.92 Å². The van der Waals surface area contributed by atoms with Crippen molar-refractivity contribution in [3.63, 3.8) is 0 Å². The van der Waals surface area contributed by atoms with Gasteiger partial charge in [0.15, 0.2) is 0 Å². The zero-order valence-electron chi connectivity index (χ0n) is 9.95. The average Bonchev–Trinajstić information content (AvgIpc) is 2.29. The molecule has 1 nitrogen and oxygen atoms in total. The van der Waals surface area contributed by atoms with Crippen molar-refractivity contribution in [2.45, 2.75) is 39.0 Å². The highest BCUT2D eigenvalue weighted by molar-refractivity contribution is 6.63. The number of halogens is 1. The van der Waals surface area contributed by atoms with E-state index < -0.39 is 0 Å². The molecule has 1 rings (SSSR count). The van der Waals surface area contributed by atoms with Crippen molar-refractivity contribution in [1.29, 1.82) is 0 Å². The van der Waals surface area contributed by atoms with Gasteiger partial charge in [0.2, 0.25) is 5.24 Å². The van der Waals surface area contributed by atoms with Crippen LogP contribution in [-0.2, 0) is 4.79 Å². The Bertz CT molecular complexity index is 321. The first-order valence-electron chi connectivity index (χ1n) is 5.89. The second-order valence-corrected chi connectivity index (χ2v) is 4.71. The van der Waals surface area contributed by atoms with Gasteiger partial charge in [-0.2, -0.15) is 0 Å². The van der Waals surface area contributed by atoms with Crippen molar-refractivity contribution >= 4 is 16.8 Å². The van der Waals surface area contributed by atoms with Gasteiger partial charge in [0.05, 0.1) is 0 Å². The van der Waals surface area contributed by atoms with Crippen molar-refractivity contribution in [2.75, 3.05) is 0 Å². The molecule has 0 bridgehead atoms. The normalized spacial score (nSPS) is 14.4. The molecule has 2 heteroatoms. The molecule has 1 aromatic carbocycles. The average molecular weight is 239 g/mol. The molecular formula is C14H19ClO. The Morgan fingerprint density at radius 1 is 1.31 bits per heavy atom. The van der Waals surface area contributed by atoms with Crippen LogP contribution in [0.25, 0.3) is 0 Å². The van der Waals surface area contributed by atoms with E-state index in [0.717, 1.165) is 19.3 Å². The molecule has 0 fully saturated rings. The molecule has 0 radical (unpaired) electrons. The van der Waals surface area contributed by atoms with Crippen molar-refractivity contribution in [1.82, 2.24) is 0 Å². The predicted octanol–water partition coefficient (Wildman–Crippen LogP) is 4.36. The number of benzene rings is 1. The lowest BCUT2D eigenvalue weighted by atomic mass is 9.88. The maximum absolute atomic E-state index is 11.3. The number of carbonyl (C=O) groups excluding carboxylic acids is 1. The van der Waals surface area contributed by atoms with Gasteiger partial charge in [-0.1, -0.05) is 50.6 Å². The molecule has 0 aliphatic rings. The number of hydrogen-bond acceptors (Lipinski definition) is 1. The van der Waals surface area contributed by atoms with Gasteiger partial charge < -0.3 is 0 Å². The summed E-state index contributed by atoms with van der Waals surface area (Å²) in [6.45, 7) is 4.23. The number of hydrogen-bond donors (Lipinski definition) is 0. The first-order chi connectivity index (χ1) is 7.65. The van der Waals surface area contributed by atoms with Gasteiger partial charge in [0.1, 0.15) is 0 Å². The number of rotatable bonds is 6. The Morgan fingerprint density at radius 2 is 1.94 bits per heavy atom. The van der Waals surface area contributed by atoms with E-state index in [4.69, 9.17) is 11.6 Å². The van der Waals surface area contributed by atoms with Crippen molar-refractivity contribution in [3.05, 3.63) is 35.9 Å². The second-order valence-electron chi connectivity index (χ2n) is 4.34. The van der Waals surface area contributed by atoms with E-state index in [1.807, 2.05) is 18.2 Å². The molecule has 0 N–H and O–H groups in total. The van der Waals surface area contributed by atoms with Crippen LogP contribution in [-0.4, -0.2) is 5.24 Å². The molecular weight excluding hydrogens is 220 g/mol. The van der Waals surface area contributed by atoms with Crippen molar-refractivity contribution in [3.8, 4) is 0 Å². The Hall–Kier alpha value is -0.820. The van der Waals surface area contributed by atoms with Crippen LogP contribution in [0.4, 0.5) is 0 Å². The van der Waals surface area contributed by atoms with Gasteiger partial charge in [0.25, 0.3) is 0 Å². The monoisotopic (exact) mass is 238 g/mol. The third kappa shape index (κ3) is 3.97. The maximum atomic E-state index is 11.3. The third-order valence-electron chi connectivity index (χ3n) is 2.96. The zero-order chi connectivity index (χ0) is 12.0. The van der Waals surface area contributed by atoms with Crippen LogP contribution in [0.15, 0.2) is 30.3 Å². The van der Waals surface area contributed by atoms with Crippen LogP contribution in [0.3, 0.4) is 0 Å². The van der Waals surface area contributed by atoms with Gasteiger partial charge >= 0.3 is 0 Å². The Balaban J connectivity index is 2.61. The van der Waals surface area contributed by atoms with Crippen molar-refractivity contribution in [2.24, 2.45) is 5.92 Å². The zero-order valence-corrected chi connectivity index (χ0v) is 10.7. The molecule has 0 saturated carbocycles. The van der Waals surface area contributed by atoms with Gasteiger partial charge in [-0.15, -0.1) is 0 Å². The molecule has 2 atom stereocenters. The molecule has 0 saturated heterocycles. The van der Waals surface area contributed by atoms with Crippen LogP contribution in [0.2, 0.25) is 0 Å². The molecule has 0 spiro atoms. The molecule has 1 aromatic rings. The SMILES string of the molecule is CCCC(C[C@@H](C)c1ccccc1)C(=O)Cl. The van der Waals surface area contributed by atoms with E-state index in [1.165, 1.54) is 5.56 Å². The molecule has 0 aliphatic heterocycles. The summed E-state index contributed by atoms with van der Waals surface area (Å²) in [6.07, 6.45) is 2.74. The lowest BCUT2D eigenvalue weighted by Gasteiger charge is -2.17. The molecule has 16 heavy (non-hydrogen) atoms. The van der Waals surface area contributed by atoms with Gasteiger partial charge in [-0.25, -0.2) is 0 Å². The van der Waals surface area contributed by atoms with Crippen LogP contribution < -0.4 is 0 Å². The van der Waals surface area contributed by atoms with Crippen LogP contribution in [0, 0.1) is 5.92 Å². The van der Waals surface area contributed by atoms with Crippen LogP contribution >= 0.6 is 11.6 Å². The molecule has 0 amide bonds. The third-order valence-corrected chi connectivity index (χ3v) is 3.27. The summed E-state index contributed by atoms with van der Waals surface area (Å²) in [6, 6.07) is 10.3. The van der Waals surface area contributed by atoms with Crippen LogP contribution in [0.5, 0.6) is 0 Å².